The van der Waals surface area contributed by atoms with E-state index in [1.165, 1.54) is 18.6 Å². The van der Waals surface area contributed by atoms with Gasteiger partial charge in [-0.2, -0.15) is 0 Å². The Kier molecular flexibility index (Phi) is 5.04. The SMILES string of the molecule is O=C(O)C1C[C@H]1c1cc(F)c(OCc2cccnc2SC2CCC2)c(F)c1. The van der Waals surface area contributed by atoms with Gasteiger partial charge in [-0.3, -0.25) is 4.79 Å². The highest BCUT2D eigenvalue weighted by Crippen LogP contribution is 2.48. The molecule has 0 amide bonds. The molecule has 4 nitrogen and oxygen atoms in total. The highest BCUT2D eigenvalue weighted by molar-refractivity contribution is 8.00. The summed E-state index contributed by atoms with van der Waals surface area (Å²) in [6.07, 6.45) is 5.65. The van der Waals surface area contributed by atoms with Gasteiger partial charge in [-0.05, 0) is 48.9 Å². The number of carbonyl (C=O) groups is 1. The van der Waals surface area contributed by atoms with Gasteiger partial charge in [-0.15, -0.1) is 11.8 Å². The van der Waals surface area contributed by atoms with Crippen molar-refractivity contribution in [1.82, 2.24) is 4.98 Å². The Bertz CT molecular complexity index is 849. The molecular weight excluding hydrogens is 372 g/mol. The lowest BCUT2D eigenvalue weighted by Crippen LogP contribution is -2.14. The first-order chi connectivity index (χ1) is 13.0. The van der Waals surface area contributed by atoms with E-state index in [1.807, 2.05) is 6.07 Å². The van der Waals surface area contributed by atoms with Crippen LogP contribution in [0.4, 0.5) is 8.78 Å². The minimum Gasteiger partial charge on any atom is -0.483 e. The number of aromatic nitrogens is 1. The molecule has 2 aliphatic rings. The molecule has 1 unspecified atom stereocenters. The maximum absolute atomic E-state index is 14.4. The van der Waals surface area contributed by atoms with Gasteiger partial charge in [0.25, 0.3) is 0 Å². The summed E-state index contributed by atoms with van der Waals surface area (Å²) in [5.74, 6) is -3.87. The molecular formula is C20H19F2NO3S. The van der Waals surface area contributed by atoms with Crippen LogP contribution in [0.5, 0.6) is 5.75 Å². The Morgan fingerprint density at radius 3 is 2.63 bits per heavy atom. The summed E-state index contributed by atoms with van der Waals surface area (Å²) >= 11 is 1.68. The maximum Gasteiger partial charge on any atom is 0.307 e. The number of pyridine rings is 1. The zero-order valence-electron chi connectivity index (χ0n) is 14.5. The fourth-order valence-electron chi connectivity index (χ4n) is 3.20. The van der Waals surface area contributed by atoms with Crippen molar-refractivity contribution < 1.29 is 23.4 Å². The van der Waals surface area contributed by atoms with Gasteiger partial charge in [0.15, 0.2) is 17.4 Å². The van der Waals surface area contributed by atoms with Crippen LogP contribution in [0.3, 0.4) is 0 Å². The Hall–Kier alpha value is -2.15. The van der Waals surface area contributed by atoms with E-state index in [0.29, 0.717) is 17.2 Å². The van der Waals surface area contributed by atoms with Crippen molar-refractivity contribution >= 4 is 17.7 Å². The first-order valence-electron chi connectivity index (χ1n) is 8.98. The topological polar surface area (TPSA) is 59.4 Å². The van der Waals surface area contributed by atoms with Gasteiger partial charge in [0, 0.05) is 17.0 Å². The summed E-state index contributed by atoms with van der Waals surface area (Å²) in [4.78, 5) is 15.3. The second kappa shape index (κ2) is 7.46. The van der Waals surface area contributed by atoms with E-state index in [9.17, 15) is 13.6 Å². The number of ether oxygens (including phenoxy) is 1. The summed E-state index contributed by atoms with van der Waals surface area (Å²) in [5, 5.41) is 10.4. The number of nitrogens with zero attached hydrogens (tertiary/aromatic N) is 1. The van der Waals surface area contributed by atoms with E-state index in [1.54, 1.807) is 24.0 Å². The van der Waals surface area contributed by atoms with Crippen molar-refractivity contribution in [2.75, 3.05) is 0 Å². The van der Waals surface area contributed by atoms with Crippen molar-refractivity contribution in [3.05, 3.63) is 53.2 Å². The average molecular weight is 391 g/mol. The van der Waals surface area contributed by atoms with Crippen LogP contribution in [0.2, 0.25) is 0 Å². The van der Waals surface area contributed by atoms with Crippen molar-refractivity contribution in [3.8, 4) is 5.75 Å². The van der Waals surface area contributed by atoms with Crippen LogP contribution in [-0.4, -0.2) is 21.3 Å². The van der Waals surface area contributed by atoms with E-state index in [0.717, 1.165) is 23.4 Å². The maximum atomic E-state index is 14.4. The molecule has 0 saturated heterocycles. The largest absolute Gasteiger partial charge is 0.483 e. The first kappa shape index (κ1) is 18.2. The molecule has 0 aliphatic heterocycles. The van der Waals surface area contributed by atoms with E-state index in [-0.39, 0.29) is 12.5 Å². The highest BCUT2D eigenvalue weighted by atomic mass is 32.2. The fraction of sp³-hybridized carbons (Fsp3) is 0.400. The van der Waals surface area contributed by atoms with Crippen molar-refractivity contribution in [2.24, 2.45) is 5.92 Å². The average Bonchev–Trinajstić information content (AvgIpc) is 3.39. The smallest absolute Gasteiger partial charge is 0.307 e. The second-order valence-electron chi connectivity index (χ2n) is 7.03. The molecule has 1 N–H and O–H groups in total. The Balaban J connectivity index is 1.46. The number of carboxylic acid groups (broad SMARTS) is 1. The lowest BCUT2D eigenvalue weighted by atomic mass is 10.0. The monoisotopic (exact) mass is 391 g/mol. The third-order valence-electron chi connectivity index (χ3n) is 5.11. The lowest BCUT2D eigenvalue weighted by Gasteiger charge is -2.24. The molecule has 4 rings (SSSR count). The number of halogens is 2. The Morgan fingerprint density at radius 1 is 1.30 bits per heavy atom. The standard InChI is InChI=1S/C20H19F2NO3S/c21-16-7-12(14-9-15(14)20(24)25)8-17(22)18(16)26-10-11-3-2-6-23-19(11)27-13-4-1-5-13/h2-3,6-8,13-15H,1,4-5,9-10H2,(H,24,25)/t14-,15?/m0/s1. The van der Waals surface area contributed by atoms with Gasteiger partial charge in [0.2, 0.25) is 0 Å². The van der Waals surface area contributed by atoms with Gasteiger partial charge in [0.1, 0.15) is 11.6 Å². The van der Waals surface area contributed by atoms with Gasteiger partial charge in [-0.1, -0.05) is 12.5 Å². The third-order valence-corrected chi connectivity index (χ3v) is 6.50. The molecule has 2 aliphatic carbocycles. The number of carboxylic acids is 1. The van der Waals surface area contributed by atoms with E-state index in [2.05, 4.69) is 4.98 Å². The molecule has 2 atom stereocenters. The van der Waals surface area contributed by atoms with Crippen LogP contribution in [0.15, 0.2) is 35.5 Å². The van der Waals surface area contributed by atoms with Crippen molar-refractivity contribution in [1.29, 1.82) is 0 Å². The van der Waals surface area contributed by atoms with Crippen LogP contribution in [0.25, 0.3) is 0 Å². The molecule has 1 heterocycles. The number of benzene rings is 1. The van der Waals surface area contributed by atoms with Gasteiger partial charge >= 0.3 is 5.97 Å². The number of thioether (sulfide) groups is 1. The predicted octanol–water partition coefficient (Wildman–Crippen LogP) is 4.77. The Morgan fingerprint density at radius 2 is 2.04 bits per heavy atom. The summed E-state index contributed by atoms with van der Waals surface area (Å²) in [5.41, 5.74) is 1.16. The van der Waals surface area contributed by atoms with Crippen molar-refractivity contribution in [2.45, 2.75) is 48.5 Å². The molecule has 1 aromatic carbocycles. The summed E-state index contributed by atoms with van der Waals surface area (Å²) in [6, 6.07) is 5.98. The highest BCUT2D eigenvalue weighted by Gasteiger charge is 2.44. The van der Waals surface area contributed by atoms with Crippen LogP contribution >= 0.6 is 11.8 Å². The Labute approximate surface area is 160 Å². The number of aliphatic carboxylic acids is 1. The fourth-order valence-corrected chi connectivity index (χ4v) is 4.49. The molecule has 2 saturated carbocycles. The van der Waals surface area contributed by atoms with E-state index >= 15 is 0 Å². The zero-order valence-corrected chi connectivity index (χ0v) is 15.3. The van der Waals surface area contributed by atoms with E-state index in [4.69, 9.17) is 9.84 Å². The molecule has 2 aromatic rings. The summed E-state index contributed by atoms with van der Waals surface area (Å²) in [6.45, 7) is 0.0251. The molecule has 0 bridgehead atoms. The normalized spacial score (nSPS) is 21.6. The summed E-state index contributed by atoms with van der Waals surface area (Å²) < 4.78 is 34.2. The quantitative estimate of drug-likeness (QED) is 0.737. The second-order valence-corrected chi connectivity index (χ2v) is 8.32. The molecule has 142 valence electrons. The minimum atomic E-state index is -0.936. The van der Waals surface area contributed by atoms with Crippen LogP contribution in [0, 0.1) is 17.6 Å². The van der Waals surface area contributed by atoms with Crippen LogP contribution in [0.1, 0.15) is 42.7 Å². The van der Waals surface area contributed by atoms with Crippen LogP contribution < -0.4 is 4.74 Å². The predicted molar refractivity (Wildman–Crippen MR) is 96.9 cm³/mol. The number of hydrogen-bond donors (Lipinski definition) is 1. The molecule has 7 heteroatoms. The summed E-state index contributed by atoms with van der Waals surface area (Å²) in [7, 11) is 0. The van der Waals surface area contributed by atoms with Crippen LogP contribution in [-0.2, 0) is 11.4 Å². The van der Waals surface area contributed by atoms with Gasteiger partial charge in [-0.25, -0.2) is 13.8 Å². The van der Waals surface area contributed by atoms with Gasteiger partial charge in [0.05, 0.1) is 5.92 Å². The molecule has 0 radical (unpaired) electrons. The minimum absolute atomic E-state index is 0.0251. The first-order valence-corrected chi connectivity index (χ1v) is 9.86. The number of hydrogen-bond acceptors (Lipinski definition) is 4. The molecule has 2 fully saturated rings. The molecule has 27 heavy (non-hydrogen) atoms. The lowest BCUT2D eigenvalue weighted by molar-refractivity contribution is -0.138. The van der Waals surface area contributed by atoms with Gasteiger partial charge < -0.3 is 9.84 Å². The molecule has 0 spiro atoms. The number of rotatable bonds is 7. The molecule has 1 aromatic heterocycles. The third kappa shape index (κ3) is 3.93. The van der Waals surface area contributed by atoms with E-state index < -0.39 is 29.3 Å². The zero-order chi connectivity index (χ0) is 19.0. The van der Waals surface area contributed by atoms with Crippen molar-refractivity contribution in [3.63, 3.8) is 0 Å².